The third-order valence-corrected chi connectivity index (χ3v) is 2.54. The van der Waals surface area contributed by atoms with Crippen molar-refractivity contribution in [3.05, 3.63) is 18.0 Å². The highest BCUT2D eigenvalue weighted by molar-refractivity contribution is 5.87. The number of carbonyl (C=O) groups excluding carboxylic acids is 1. The van der Waals surface area contributed by atoms with Crippen molar-refractivity contribution in [3.63, 3.8) is 0 Å². The summed E-state index contributed by atoms with van der Waals surface area (Å²) in [6.07, 6.45) is 7.01. The normalized spacial score (nSPS) is 10.3. The third kappa shape index (κ3) is 4.99. The summed E-state index contributed by atoms with van der Waals surface area (Å²) in [5, 5.41) is 15.3. The molecule has 0 spiro atoms. The highest BCUT2D eigenvalue weighted by Crippen LogP contribution is 1.98. The van der Waals surface area contributed by atoms with Gasteiger partial charge in [0.1, 0.15) is 6.54 Å². The van der Waals surface area contributed by atoms with E-state index in [-0.39, 0.29) is 18.0 Å². The van der Waals surface area contributed by atoms with Gasteiger partial charge in [-0.15, -0.1) is 0 Å². The summed E-state index contributed by atoms with van der Waals surface area (Å²) in [4.78, 5) is 22.1. The van der Waals surface area contributed by atoms with Crippen LogP contribution in [0.4, 0.5) is 0 Å². The van der Waals surface area contributed by atoms with Gasteiger partial charge in [0.2, 0.25) is 5.91 Å². The molecular formula is C12H19N3O3. The first-order chi connectivity index (χ1) is 8.63. The Morgan fingerprint density at radius 1 is 1.39 bits per heavy atom. The quantitative estimate of drug-likeness (QED) is 0.683. The molecule has 1 rings (SSSR count). The highest BCUT2D eigenvalue weighted by Gasteiger charge is 2.08. The Hall–Kier alpha value is -1.85. The smallest absolute Gasteiger partial charge is 0.338 e. The summed E-state index contributed by atoms with van der Waals surface area (Å²) in [5.74, 6) is -1.19. The molecule has 0 unspecified atom stereocenters. The lowest BCUT2D eigenvalue weighted by Crippen LogP contribution is -2.28. The topological polar surface area (TPSA) is 84.2 Å². The van der Waals surface area contributed by atoms with Gasteiger partial charge in [0, 0.05) is 12.7 Å². The van der Waals surface area contributed by atoms with Gasteiger partial charge in [-0.3, -0.25) is 9.48 Å². The zero-order valence-corrected chi connectivity index (χ0v) is 10.6. The van der Waals surface area contributed by atoms with Crippen molar-refractivity contribution in [1.82, 2.24) is 15.1 Å². The van der Waals surface area contributed by atoms with Crippen LogP contribution in [0.5, 0.6) is 0 Å². The lowest BCUT2D eigenvalue weighted by molar-refractivity contribution is -0.121. The third-order valence-electron chi connectivity index (χ3n) is 2.54. The highest BCUT2D eigenvalue weighted by atomic mass is 16.4. The Balaban J connectivity index is 2.24. The van der Waals surface area contributed by atoms with E-state index in [0.717, 1.165) is 12.8 Å². The summed E-state index contributed by atoms with van der Waals surface area (Å²) in [7, 11) is 0. The van der Waals surface area contributed by atoms with Crippen LogP contribution in [0.1, 0.15) is 43.0 Å². The maximum absolute atomic E-state index is 11.5. The fraction of sp³-hybridized carbons (Fsp3) is 0.583. The summed E-state index contributed by atoms with van der Waals surface area (Å²) >= 11 is 0. The molecule has 6 nitrogen and oxygen atoms in total. The fourth-order valence-electron chi connectivity index (χ4n) is 1.54. The van der Waals surface area contributed by atoms with Crippen molar-refractivity contribution >= 4 is 11.9 Å². The van der Waals surface area contributed by atoms with Crippen LogP contribution in [0.15, 0.2) is 12.4 Å². The van der Waals surface area contributed by atoms with Crippen molar-refractivity contribution in [1.29, 1.82) is 0 Å². The first-order valence-corrected chi connectivity index (χ1v) is 6.16. The van der Waals surface area contributed by atoms with Crippen molar-refractivity contribution in [2.24, 2.45) is 0 Å². The van der Waals surface area contributed by atoms with Crippen LogP contribution < -0.4 is 5.32 Å². The monoisotopic (exact) mass is 253 g/mol. The molecule has 0 aromatic carbocycles. The number of aromatic nitrogens is 2. The first-order valence-electron chi connectivity index (χ1n) is 6.16. The van der Waals surface area contributed by atoms with E-state index >= 15 is 0 Å². The molecule has 0 radical (unpaired) electrons. The van der Waals surface area contributed by atoms with E-state index in [1.807, 2.05) is 0 Å². The molecule has 0 aliphatic rings. The second kappa shape index (κ2) is 7.47. The maximum atomic E-state index is 11.5. The average Bonchev–Trinajstić information content (AvgIpc) is 2.77. The molecule has 0 aliphatic heterocycles. The van der Waals surface area contributed by atoms with Crippen LogP contribution in [-0.2, 0) is 11.3 Å². The van der Waals surface area contributed by atoms with Gasteiger partial charge >= 0.3 is 5.97 Å². The predicted octanol–water partition coefficient (Wildman–Crippen LogP) is 1.28. The number of carbonyl (C=O) groups is 2. The molecule has 2 N–H and O–H groups in total. The number of carboxylic acid groups (broad SMARTS) is 1. The Kier molecular flexibility index (Phi) is 5.90. The van der Waals surface area contributed by atoms with E-state index in [2.05, 4.69) is 17.3 Å². The van der Waals surface area contributed by atoms with Crippen LogP contribution >= 0.6 is 0 Å². The number of hydrogen-bond donors (Lipinski definition) is 2. The molecule has 0 aliphatic carbocycles. The number of hydrogen-bond acceptors (Lipinski definition) is 3. The first kappa shape index (κ1) is 14.2. The van der Waals surface area contributed by atoms with E-state index in [9.17, 15) is 9.59 Å². The van der Waals surface area contributed by atoms with E-state index in [0.29, 0.717) is 6.54 Å². The largest absolute Gasteiger partial charge is 0.478 e. The molecule has 0 fully saturated rings. The van der Waals surface area contributed by atoms with Crippen LogP contribution in [-0.4, -0.2) is 33.3 Å². The van der Waals surface area contributed by atoms with Gasteiger partial charge in [0.05, 0.1) is 11.8 Å². The van der Waals surface area contributed by atoms with Crippen molar-refractivity contribution in [2.45, 2.75) is 39.2 Å². The summed E-state index contributed by atoms with van der Waals surface area (Å²) in [5.41, 5.74) is 0.0887. The van der Waals surface area contributed by atoms with Crippen LogP contribution in [0, 0.1) is 0 Å². The van der Waals surface area contributed by atoms with Crippen LogP contribution in [0.3, 0.4) is 0 Å². The maximum Gasteiger partial charge on any atom is 0.338 e. The molecule has 0 bridgehead atoms. The second-order valence-electron chi connectivity index (χ2n) is 4.14. The summed E-state index contributed by atoms with van der Waals surface area (Å²) in [6, 6.07) is 0. The number of nitrogens with one attached hydrogen (secondary N) is 1. The SMILES string of the molecule is CCCCCCNC(=O)Cn1cc(C(=O)O)cn1. The minimum atomic E-state index is -1.04. The molecule has 1 aromatic heterocycles. The minimum absolute atomic E-state index is 0.0566. The Morgan fingerprint density at radius 2 is 2.17 bits per heavy atom. The Morgan fingerprint density at radius 3 is 2.78 bits per heavy atom. The van der Waals surface area contributed by atoms with Gasteiger partial charge in [-0.05, 0) is 6.42 Å². The predicted molar refractivity (Wildman–Crippen MR) is 66.3 cm³/mol. The number of rotatable bonds is 8. The van der Waals surface area contributed by atoms with Gasteiger partial charge in [-0.25, -0.2) is 4.79 Å². The van der Waals surface area contributed by atoms with E-state index in [1.54, 1.807) is 0 Å². The fourth-order valence-corrected chi connectivity index (χ4v) is 1.54. The van der Waals surface area contributed by atoms with Crippen molar-refractivity contribution in [2.75, 3.05) is 6.54 Å². The molecule has 0 saturated heterocycles. The van der Waals surface area contributed by atoms with E-state index in [1.165, 1.54) is 29.9 Å². The lowest BCUT2D eigenvalue weighted by Gasteiger charge is -2.04. The Bertz CT molecular complexity index is 401. The summed E-state index contributed by atoms with van der Waals surface area (Å²) < 4.78 is 1.32. The molecule has 1 aromatic rings. The second-order valence-corrected chi connectivity index (χ2v) is 4.14. The molecule has 1 heterocycles. The van der Waals surface area contributed by atoms with Crippen LogP contribution in [0.25, 0.3) is 0 Å². The average molecular weight is 253 g/mol. The number of nitrogens with zero attached hydrogens (tertiary/aromatic N) is 2. The molecule has 0 atom stereocenters. The van der Waals surface area contributed by atoms with Crippen LogP contribution in [0.2, 0.25) is 0 Å². The molecule has 100 valence electrons. The van der Waals surface area contributed by atoms with Gasteiger partial charge in [0.25, 0.3) is 0 Å². The van der Waals surface area contributed by atoms with Crippen molar-refractivity contribution < 1.29 is 14.7 Å². The zero-order valence-electron chi connectivity index (χ0n) is 10.6. The number of carboxylic acids is 1. The van der Waals surface area contributed by atoms with E-state index in [4.69, 9.17) is 5.11 Å². The van der Waals surface area contributed by atoms with Gasteiger partial charge in [-0.2, -0.15) is 5.10 Å². The zero-order chi connectivity index (χ0) is 13.4. The lowest BCUT2D eigenvalue weighted by atomic mass is 10.2. The van der Waals surface area contributed by atoms with E-state index < -0.39 is 5.97 Å². The molecule has 18 heavy (non-hydrogen) atoms. The number of unbranched alkanes of at least 4 members (excludes halogenated alkanes) is 3. The van der Waals surface area contributed by atoms with Gasteiger partial charge < -0.3 is 10.4 Å². The number of amides is 1. The minimum Gasteiger partial charge on any atom is -0.478 e. The summed E-state index contributed by atoms with van der Waals surface area (Å²) in [6.45, 7) is 2.85. The van der Waals surface area contributed by atoms with Gasteiger partial charge in [-0.1, -0.05) is 26.2 Å². The van der Waals surface area contributed by atoms with Gasteiger partial charge in [0.15, 0.2) is 0 Å². The molecular weight excluding hydrogens is 234 g/mol. The standard InChI is InChI=1S/C12H19N3O3/c1-2-3-4-5-6-13-11(16)9-15-8-10(7-14-15)12(17)18/h7-8H,2-6,9H2,1H3,(H,13,16)(H,17,18). The number of aromatic carboxylic acids is 1. The molecule has 0 saturated carbocycles. The molecule has 1 amide bonds. The van der Waals surface area contributed by atoms with Crippen molar-refractivity contribution in [3.8, 4) is 0 Å². The Labute approximate surface area is 106 Å². The molecule has 6 heteroatoms.